The third-order valence-corrected chi connectivity index (χ3v) is 6.27. The van der Waals surface area contributed by atoms with Gasteiger partial charge in [0.05, 0.1) is 0 Å². The first-order valence-corrected chi connectivity index (χ1v) is 7.84. The van der Waals surface area contributed by atoms with Crippen LogP contribution in [0.25, 0.3) is 0 Å². The van der Waals surface area contributed by atoms with Gasteiger partial charge < -0.3 is 5.32 Å². The van der Waals surface area contributed by atoms with Crippen LogP contribution in [-0.4, -0.2) is 13.1 Å². The summed E-state index contributed by atoms with van der Waals surface area (Å²) in [5, 5.41) is 3.71. The Hall–Kier alpha value is -0.0400. The smallest absolute Gasteiger partial charge is 0.0146 e. The zero-order chi connectivity index (χ0) is 12.0. The highest BCUT2D eigenvalue weighted by molar-refractivity contribution is 5.06. The van der Waals surface area contributed by atoms with Gasteiger partial charge >= 0.3 is 0 Å². The van der Waals surface area contributed by atoms with Crippen LogP contribution in [0.3, 0.4) is 0 Å². The molecule has 0 aromatic carbocycles. The van der Waals surface area contributed by atoms with E-state index in [9.17, 15) is 0 Å². The summed E-state index contributed by atoms with van der Waals surface area (Å²) in [7, 11) is 2.20. The molecule has 17 heavy (non-hydrogen) atoms. The second-order valence-corrected chi connectivity index (χ2v) is 7.43. The van der Waals surface area contributed by atoms with Crippen molar-refractivity contribution < 1.29 is 0 Å². The molecule has 4 saturated carbocycles. The summed E-state index contributed by atoms with van der Waals surface area (Å²) in [6.45, 7) is 4.81. The van der Waals surface area contributed by atoms with Gasteiger partial charge in [0.2, 0.25) is 0 Å². The zero-order valence-electron chi connectivity index (χ0n) is 11.8. The normalized spacial score (nSPS) is 47.1. The van der Waals surface area contributed by atoms with Crippen molar-refractivity contribution in [2.75, 3.05) is 7.05 Å². The Labute approximate surface area is 107 Å². The van der Waals surface area contributed by atoms with E-state index in [1.807, 2.05) is 0 Å². The Morgan fingerprint density at radius 1 is 1.06 bits per heavy atom. The molecule has 0 amide bonds. The third kappa shape index (κ3) is 1.85. The quantitative estimate of drug-likeness (QED) is 0.781. The van der Waals surface area contributed by atoms with Crippen molar-refractivity contribution in [2.24, 2.45) is 29.1 Å². The van der Waals surface area contributed by atoms with Crippen molar-refractivity contribution in [1.82, 2.24) is 5.32 Å². The van der Waals surface area contributed by atoms with Crippen molar-refractivity contribution in [3.63, 3.8) is 0 Å². The third-order valence-electron chi connectivity index (χ3n) is 6.27. The minimum atomic E-state index is 0.679. The minimum absolute atomic E-state index is 0.679. The van der Waals surface area contributed by atoms with Crippen molar-refractivity contribution in [3.05, 3.63) is 0 Å². The molecule has 1 N–H and O–H groups in total. The molecule has 1 nitrogen and oxygen atoms in total. The highest BCUT2D eigenvalue weighted by Crippen LogP contribution is 2.62. The lowest BCUT2D eigenvalue weighted by molar-refractivity contribution is -0.0824. The number of nitrogens with one attached hydrogen (secondary N) is 1. The van der Waals surface area contributed by atoms with Gasteiger partial charge in [-0.1, -0.05) is 20.3 Å². The first-order chi connectivity index (χ1) is 8.16. The molecule has 0 aliphatic heterocycles. The molecule has 4 aliphatic rings. The first kappa shape index (κ1) is 12.0. The summed E-state index contributed by atoms with van der Waals surface area (Å²) in [6, 6.07) is 0.779. The van der Waals surface area contributed by atoms with Crippen LogP contribution in [0.2, 0.25) is 0 Å². The molecule has 2 atom stereocenters. The Balaban J connectivity index is 1.85. The molecule has 0 radical (unpaired) electrons. The van der Waals surface area contributed by atoms with Gasteiger partial charge in [-0.3, -0.25) is 0 Å². The second kappa shape index (κ2) is 4.26. The largest absolute Gasteiger partial charge is 0.316 e. The molecule has 4 bridgehead atoms. The lowest BCUT2D eigenvalue weighted by Gasteiger charge is -2.60. The Morgan fingerprint density at radius 3 is 1.88 bits per heavy atom. The summed E-state index contributed by atoms with van der Waals surface area (Å²) in [5.74, 6) is 4.10. The summed E-state index contributed by atoms with van der Waals surface area (Å²) in [5.41, 5.74) is 0.679. The molecule has 4 aliphatic carbocycles. The van der Waals surface area contributed by atoms with E-state index >= 15 is 0 Å². The number of hydrogen-bond acceptors (Lipinski definition) is 1. The van der Waals surface area contributed by atoms with E-state index in [4.69, 9.17) is 0 Å². The van der Waals surface area contributed by atoms with Gasteiger partial charge in [-0.05, 0) is 74.7 Å². The SMILES string of the molecule is CCC(C)C(NC)C12CC3CC(CC(C3)C1)C2. The molecule has 98 valence electrons. The minimum Gasteiger partial charge on any atom is -0.316 e. The van der Waals surface area contributed by atoms with Crippen LogP contribution >= 0.6 is 0 Å². The molecule has 2 unspecified atom stereocenters. The van der Waals surface area contributed by atoms with Crippen LogP contribution in [0.4, 0.5) is 0 Å². The fourth-order valence-electron chi connectivity index (χ4n) is 5.99. The Kier molecular flexibility index (Phi) is 3.01. The summed E-state index contributed by atoms with van der Waals surface area (Å²) >= 11 is 0. The van der Waals surface area contributed by atoms with Gasteiger partial charge in [0, 0.05) is 6.04 Å². The van der Waals surface area contributed by atoms with E-state index in [0.717, 1.165) is 29.7 Å². The van der Waals surface area contributed by atoms with E-state index < -0.39 is 0 Å². The maximum atomic E-state index is 3.71. The predicted octanol–water partition coefficient (Wildman–Crippen LogP) is 3.84. The predicted molar refractivity (Wildman–Crippen MR) is 72.9 cm³/mol. The summed E-state index contributed by atoms with van der Waals surface area (Å²) in [4.78, 5) is 0. The molecular formula is C16H29N. The van der Waals surface area contributed by atoms with E-state index in [0.29, 0.717) is 5.41 Å². The van der Waals surface area contributed by atoms with Crippen LogP contribution < -0.4 is 5.32 Å². The maximum Gasteiger partial charge on any atom is 0.0146 e. The Morgan fingerprint density at radius 2 is 1.53 bits per heavy atom. The molecule has 0 spiro atoms. The fraction of sp³-hybridized carbons (Fsp3) is 1.00. The topological polar surface area (TPSA) is 12.0 Å². The van der Waals surface area contributed by atoms with Gasteiger partial charge in [-0.25, -0.2) is 0 Å². The molecule has 0 heterocycles. The van der Waals surface area contributed by atoms with Crippen LogP contribution in [0, 0.1) is 29.1 Å². The fourth-order valence-corrected chi connectivity index (χ4v) is 5.99. The van der Waals surface area contributed by atoms with Gasteiger partial charge in [-0.15, -0.1) is 0 Å². The Bertz CT molecular complexity index is 248. The molecular weight excluding hydrogens is 206 g/mol. The maximum absolute atomic E-state index is 3.71. The van der Waals surface area contributed by atoms with Crippen molar-refractivity contribution in [2.45, 2.75) is 64.8 Å². The van der Waals surface area contributed by atoms with E-state index in [-0.39, 0.29) is 0 Å². The van der Waals surface area contributed by atoms with Crippen LogP contribution in [0.1, 0.15) is 58.8 Å². The zero-order valence-corrected chi connectivity index (χ0v) is 11.8. The average molecular weight is 235 g/mol. The van der Waals surface area contributed by atoms with E-state index in [1.165, 1.54) is 25.7 Å². The first-order valence-electron chi connectivity index (χ1n) is 7.84. The van der Waals surface area contributed by atoms with Crippen molar-refractivity contribution in [3.8, 4) is 0 Å². The van der Waals surface area contributed by atoms with Crippen LogP contribution in [0.5, 0.6) is 0 Å². The van der Waals surface area contributed by atoms with Crippen LogP contribution in [0.15, 0.2) is 0 Å². The van der Waals surface area contributed by atoms with Crippen LogP contribution in [-0.2, 0) is 0 Å². The lowest BCUT2D eigenvalue weighted by Crippen LogP contribution is -2.57. The molecule has 4 rings (SSSR count). The summed E-state index contributed by atoms with van der Waals surface area (Å²) in [6.07, 6.45) is 10.6. The van der Waals surface area contributed by atoms with Gasteiger partial charge in [0.15, 0.2) is 0 Å². The van der Waals surface area contributed by atoms with Gasteiger partial charge in [0.25, 0.3) is 0 Å². The van der Waals surface area contributed by atoms with E-state index in [1.54, 1.807) is 19.3 Å². The van der Waals surface area contributed by atoms with Gasteiger partial charge in [-0.2, -0.15) is 0 Å². The van der Waals surface area contributed by atoms with Crippen molar-refractivity contribution in [1.29, 1.82) is 0 Å². The highest BCUT2D eigenvalue weighted by atomic mass is 14.9. The number of hydrogen-bond donors (Lipinski definition) is 1. The average Bonchev–Trinajstić information content (AvgIpc) is 2.27. The van der Waals surface area contributed by atoms with E-state index in [2.05, 4.69) is 26.2 Å². The number of rotatable bonds is 4. The highest BCUT2D eigenvalue weighted by Gasteiger charge is 2.54. The molecule has 0 saturated heterocycles. The van der Waals surface area contributed by atoms with Crippen molar-refractivity contribution >= 4 is 0 Å². The van der Waals surface area contributed by atoms with Gasteiger partial charge in [0.1, 0.15) is 0 Å². The lowest BCUT2D eigenvalue weighted by atomic mass is 9.46. The second-order valence-electron chi connectivity index (χ2n) is 7.43. The molecule has 0 aromatic heterocycles. The molecule has 0 aromatic rings. The monoisotopic (exact) mass is 235 g/mol. The standard InChI is InChI=1S/C16H29N/c1-4-11(2)15(17-3)16-8-12-5-13(9-16)7-14(6-12)10-16/h11-15,17H,4-10H2,1-3H3. The summed E-state index contributed by atoms with van der Waals surface area (Å²) < 4.78 is 0. The molecule has 4 fully saturated rings. The molecule has 1 heteroatoms.